The minimum absolute atomic E-state index is 0.105. The first-order chi connectivity index (χ1) is 17.3. The second-order valence-corrected chi connectivity index (χ2v) is 8.50. The fraction of sp³-hybridized carbons (Fsp3) is 0.148. The van der Waals surface area contributed by atoms with E-state index in [0.717, 1.165) is 4.90 Å². The van der Waals surface area contributed by atoms with E-state index in [1.54, 1.807) is 55.5 Å². The Bertz CT molecular complexity index is 1380. The Labute approximate surface area is 206 Å². The molecule has 180 valence electrons. The van der Waals surface area contributed by atoms with E-state index in [2.05, 4.69) is 5.32 Å². The molecule has 36 heavy (non-hydrogen) atoms. The molecule has 5 rings (SSSR count). The van der Waals surface area contributed by atoms with E-state index in [1.165, 1.54) is 29.2 Å². The molecule has 0 aliphatic carbocycles. The van der Waals surface area contributed by atoms with Crippen LogP contribution in [0.1, 0.15) is 44.4 Å². The maximum atomic E-state index is 13.0. The zero-order valence-electron chi connectivity index (χ0n) is 19.3. The first-order valence-electron chi connectivity index (χ1n) is 11.3. The summed E-state index contributed by atoms with van der Waals surface area (Å²) in [5, 5.41) is 2.78. The number of nitrogens with zero attached hydrogens (tertiary/aromatic N) is 2. The van der Waals surface area contributed by atoms with E-state index >= 15 is 0 Å². The lowest BCUT2D eigenvalue weighted by Gasteiger charge is -2.27. The lowest BCUT2D eigenvalue weighted by atomic mass is 10.1. The van der Waals surface area contributed by atoms with E-state index in [-0.39, 0.29) is 17.9 Å². The molecule has 1 N–H and O–H groups in total. The fourth-order valence-corrected chi connectivity index (χ4v) is 4.42. The van der Waals surface area contributed by atoms with Gasteiger partial charge in [-0.15, -0.1) is 0 Å². The number of amides is 4. The van der Waals surface area contributed by atoms with Crippen LogP contribution in [0.15, 0.2) is 72.8 Å². The van der Waals surface area contributed by atoms with E-state index in [0.29, 0.717) is 28.2 Å². The van der Waals surface area contributed by atoms with Crippen LogP contribution in [0, 0.1) is 0 Å². The predicted molar refractivity (Wildman–Crippen MR) is 131 cm³/mol. The van der Waals surface area contributed by atoms with E-state index in [9.17, 15) is 24.0 Å². The van der Waals surface area contributed by atoms with Gasteiger partial charge in [-0.2, -0.15) is 0 Å². The van der Waals surface area contributed by atoms with Gasteiger partial charge < -0.3 is 15.0 Å². The molecule has 9 nitrogen and oxygen atoms in total. The summed E-state index contributed by atoms with van der Waals surface area (Å²) >= 11 is 0. The van der Waals surface area contributed by atoms with Crippen molar-refractivity contribution in [2.24, 2.45) is 0 Å². The molecule has 3 aromatic rings. The number of rotatable bonds is 4. The van der Waals surface area contributed by atoms with Crippen molar-refractivity contribution < 1.29 is 28.7 Å². The van der Waals surface area contributed by atoms with Gasteiger partial charge in [0.2, 0.25) is 5.91 Å². The first kappa shape index (κ1) is 23.0. The summed E-state index contributed by atoms with van der Waals surface area (Å²) in [5.41, 5.74) is 2.17. The Balaban J connectivity index is 1.27. The summed E-state index contributed by atoms with van der Waals surface area (Å²) in [6, 6.07) is 18.9. The molecule has 0 saturated carbocycles. The number of ether oxygens (including phenoxy) is 1. The van der Waals surface area contributed by atoms with Gasteiger partial charge >= 0.3 is 5.97 Å². The number of imide groups is 1. The number of carbonyl (C=O) groups excluding carboxylic acids is 5. The van der Waals surface area contributed by atoms with Gasteiger partial charge in [0.15, 0.2) is 6.61 Å². The van der Waals surface area contributed by atoms with Crippen molar-refractivity contribution in [2.75, 3.05) is 21.7 Å². The van der Waals surface area contributed by atoms with Gasteiger partial charge in [-0.05, 0) is 55.5 Å². The number of anilines is 3. The van der Waals surface area contributed by atoms with Gasteiger partial charge in [0, 0.05) is 12.5 Å². The molecule has 0 saturated heterocycles. The topological polar surface area (TPSA) is 113 Å². The molecular weight excluding hydrogens is 462 g/mol. The number of esters is 1. The second kappa shape index (κ2) is 9.10. The third-order valence-electron chi connectivity index (χ3n) is 6.11. The van der Waals surface area contributed by atoms with Crippen LogP contribution in [-0.4, -0.2) is 42.2 Å². The Hall–Kier alpha value is -4.79. The minimum Gasteiger partial charge on any atom is -0.452 e. The Morgan fingerprint density at radius 2 is 1.50 bits per heavy atom. The normalized spacial score (nSPS) is 16.7. The lowest BCUT2D eigenvalue weighted by Crippen LogP contribution is -2.41. The largest absolute Gasteiger partial charge is 0.452 e. The molecule has 9 heteroatoms. The van der Waals surface area contributed by atoms with Gasteiger partial charge in [0.1, 0.15) is 0 Å². The van der Waals surface area contributed by atoms with Crippen LogP contribution >= 0.6 is 0 Å². The van der Waals surface area contributed by atoms with Gasteiger partial charge in [0.25, 0.3) is 17.7 Å². The number of nitrogens with one attached hydrogen (secondary N) is 1. The van der Waals surface area contributed by atoms with Crippen molar-refractivity contribution in [3.8, 4) is 0 Å². The zero-order valence-corrected chi connectivity index (χ0v) is 19.3. The summed E-state index contributed by atoms with van der Waals surface area (Å²) in [6.07, 6.45) is 0.105. The van der Waals surface area contributed by atoms with Crippen LogP contribution in [0.2, 0.25) is 0 Å². The van der Waals surface area contributed by atoms with E-state index in [4.69, 9.17) is 4.74 Å². The third kappa shape index (κ3) is 4.00. The number of hydrogen-bond donors (Lipinski definition) is 1. The molecule has 2 heterocycles. The molecule has 4 amide bonds. The monoisotopic (exact) mass is 483 g/mol. The van der Waals surface area contributed by atoms with Gasteiger partial charge in [-0.3, -0.25) is 19.2 Å². The summed E-state index contributed by atoms with van der Waals surface area (Å²) in [7, 11) is 0. The van der Waals surface area contributed by atoms with Gasteiger partial charge in [-0.25, -0.2) is 9.69 Å². The molecule has 0 spiro atoms. The fourth-order valence-electron chi connectivity index (χ4n) is 4.42. The molecule has 0 bridgehead atoms. The molecule has 0 radical (unpaired) electrons. The maximum absolute atomic E-state index is 13.0. The summed E-state index contributed by atoms with van der Waals surface area (Å²) < 4.78 is 5.25. The highest BCUT2D eigenvalue weighted by molar-refractivity contribution is 6.34. The lowest BCUT2D eigenvalue weighted by molar-refractivity contribution is -0.122. The molecule has 1 unspecified atom stereocenters. The first-order valence-corrected chi connectivity index (χ1v) is 11.3. The van der Waals surface area contributed by atoms with Crippen molar-refractivity contribution in [1.29, 1.82) is 0 Å². The second-order valence-electron chi connectivity index (χ2n) is 8.50. The number of para-hydroxylation sites is 2. The predicted octanol–water partition coefficient (Wildman–Crippen LogP) is 3.41. The Morgan fingerprint density at radius 3 is 2.17 bits per heavy atom. The van der Waals surface area contributed by atoms with E-state index < -0.39 is 36.3 Å². The molecule has 2 aliphatic heterocycles. The average Bonchev–Trinajstić information content (AvgIpc) is 3.04. The van der Waals surface area contributed by atoms with E-state index in [1.807, 2.05) is 0 Å². The van der Waals surface area contributed by atoms with Crippen LogP contribution in [0.5, 0.6) is 0 Å². The molecule has 0 aromatic heterocycles. The summed E-state index contributed by atoms with van der Waals surface area (Å²) in [5.74, 6) is -2.28. The minimum atomic E-state index is -0.734. The van der Waals surface area contributed by atoms with Crippen LogP contribution in [0.4, 0.5) is 17.1 Å². The maximum Gasteiger partial charge on any atom is 0.338 e. The molecule has 1 atom stereocenters. The van der Waals surface area contributed by atoms with Gasteiger partial charge in [-0.1, -0.05) is 24.3 Å². The van der Waals surface area contributed by atoms with Crippen molar-refractivity contribution in [2.45, 2.75) is 19.4 Å². The number of benzene rings is 3. The molecule has 0 fully saturated rings. The smallest absolute Gasteiger partial charge is 0.338 e. The zero-order chi connectivity index (χ0) is 25.4. The molecule has 2 aliphatic rings. The average molecular weight is 483 g/mol. The highest BCUT2D eigenvalue weighted by Gasteiger charge is 2.36. The van der Waals surface area contributed by atoms with Gasteiger partial charge in [0.05, 0.1) is 33.8 Å². The van der Waals surface area contributed by atoms with Crippen LogP contribution < -0.4 is 15.1 Å². The Morgan fingerprint density at radius 1 is 0.889 bits per heavy atom. The molecule has 3 aromatic carbocycles. The summed E-state index contributed by atoms with van der Waals surface area (Å²) in [4.78, 5) is 65.6. The standard InChI is InChI=1S/C27H21N3O6/c1-16-14-23(31)28-21-8-4-5-9-22(21)29(16)24(32)15-36-27(35)17-10-12-18(13-11-17)30-25(33)19-6-2-3-7-20(19)26(30)34/h2-13,16H,14-15H2,1H3,(H,28,31). The number of carbonyl (C=O) groups is 5. The SMILES string of the molecule is CC1CC(=O)Nc2ccccc2N1C(=O)COC(=O)c1ccc(N2C(=O)c3ccccc3C2=O)cc1. The quantitative estimate of drug-likeness (QED) is 0.450. The Kier molecular flexibility index (Phi) is 5.81. The van der Waals surface area contributed by atoms with Crippen molar-refractivity contribution in [1.82, 2.24) is 0 Å². The van der Waals surface area contributed by atoms with Crippen molar-refractivity contribution in [3.05, 3.63) is 89.5 Å². The van der Waals surface area contributed by atoms with Crippen LogP contribution in [-0.2, 0) is 14.3 Å². The third-order valence-corrected chi connectivity index (χ3v) is 6.11. The number of hydrogen-bond acceptors (Lipinski definition) is 6. The van der Waals surface area contributed by atoms with Crippen LogP contribution in [0.3, 0.4) is 0 Å². The number of fused-ring (bicyclic) bond motifs is 2. The van der Waals surface area contributed by atoms with Crippen LogP contribution in [0.25, 0.3) is 0 Å². The summed E-state index contributed by atoms with van der Waals surface area (Å²) in [6.45, 7) is 1.23. The molecular formula is C27H21N3O6. The van der Waals surface area contributed by atoms with Crippen molar-refractivity contribution >= 4 is 46.7 Å². The van der Waals surface area contributed by atoms with Crippen molar-refractivity contribution in [3.63, 3.8) is 0 Å². The highest BCUT2D eigenvalue weighted by atomic mass is 16.5. The highest BCUT2D eigenvalue weighted by Crippen LogP contribution is 2.31.